The Morgan fingerprint density at radius 2 is 1.79 bits per heavy atom. The van der Waals surface area contributed by atoms with Crippen molar-refractivity contribution in [2.24, 2.45) is 0 Å². The number of hydrogen-bond acceptors (Lipinski definition) is 5. The van der Waals surface area contributed by atoms with Crippen LogP contribution < -0.4 is 15.4 Å². The molecule has 2 atom stereocenters. The second kappa shape index (κ2) is 6.64. The van der Waals surface area contributed by atoms with Crippen LogP contribution >= 0.6 is 0 Å². The Morgan fingerprint density at radius 1 is 1.12 bits per heavy atom. The van der Waals surface area contributed by atoms with Crippen molar-refractivity contribution < 1.29 is 22.6 Å². The van der Waals surface area contributed by atoms with Crippen LogP contribution in [0.4, 0.5) is 24.7 Å². The molecule has 24 heavy (non-hydrogen) atoms. The van der Waals surface area contributed by atoms with Gasteiger partial charge in [0.05, 0.1) is 26.4 Å². The zero-order chi connectivity index (χ0) is 17.3. The molecule has 0 aliphatic carbocycles. The van der Waals surface area contributed by atoms with Crippen molar-refractivity contribution in [3.05, 3.63) is 22.5 Å². The summed E-state index contributed by atoms with van der Waals surface area (Å²) in [5.41, 5.74) is 0.186. The molecule has 0 aromatic carbocycles. The first kappa shape index (κ1) is 17.1. The molecule has 1 aromatic heterocycles. The van der Waals surface area contributed by atoms with Gasteiger partial charge in [0.15, 0.2) is 0 Å². The lowest BCUT2D eigenvalue weighted by molar-refractivity contribution is -0.167. The third kappa shape index (κ3) is 3.51. The molecule has 9 heteroatoms. The van der Waals surface area contributed by atoms with Gasteiger partial charge in [0, 0.05) is 37.0 Å². The monoisotopic (exact) mass is 347 g/mol. The Hall–Kier alpha value is -1.74. The quantitative estimate of drug-likeness (QED) is 0.876. The first-order chi connectivity index (χ1) is 11.4. The number of nitrogens with one attached hydrogen (secondary N) is 1. The first-order valence-corrected chi connectivity index (χ1v) is 7.86. The zero-order valence-electron chi connectivity index (χ0n) is 13.3. The highest BCUT2D eigenvalue weighted by atomic mass is 19.4. The number of anilines is 2. The lowest BCUT2D eigenvalue weighted by Gasteiger charge is -2.39. The van der Waals surface area contributed by atoms with Gasteiger partial charge in [0.1, 0.15) is 11.9 Å². The van der Waals surface area contributed by atoms with Crippen molar-refractivity contribution >= 4 is 11.5 Å². The average molecular weight is 347 g/mol. The fourth-order valence-corrected chi connectivity index (χ4v) is 3.11. The highest BCUT2D eigenvalue weighted by Crippen LogP contribution is 2.31. The lowest BCUT2D eigenvalue weighted by atomic mass is 10.2. The molecule has 2 aliphatic rings. The molecule has 2 saturated heterocycles. The number of H-pyrrole nitrogens is 1. The number of alkyl halides is 3. The lowest BCUT2D eigenvalue weighted by Crippen LogP contribution is -2.54. The summed E-state index contributed by atoms with van der Waals surface area (Å²) < 4.78 is 50.1. The Morgan fingerprint density at radius 3 is 2.46 bits per heavy atom. The Kier molecular flexibility index (Phi) is 4.73. The van der Waals surface area contributed by atoms with E-state index in [-0.39, 0.29) is 25.0 Å². The van der Waals surface area contributed by atoms with E-state index in [1.165, 1.54) is 11.0 Å². The van der Waals surface area contributed by atoms with Crippen LogP contribution in [0.3, 0.4) is 0 Å². The minimum Gasteiger partial charge on any atom is -0.377 e. The highest BCUT2D eigenvalue weighted by molar-refractivity contribution is 5.56. The van der Waals surface area contributed by atoms with E-state index in [2.05, 4.69) is 4.98 Å². The molecule has 1 aromatic rings. The van der Waals surface area contributed by atoms with Gasteiger partial charge < -0.3 is 24.3 Å². The predicted molar refractivity (Wildman–Crippen MR) is 82.7 cm³/mol. The van der Waals surface area contributed by atoms with Gasteiger partial charge in [0.2, 0.25) is 0 Å². The summed E-state index contributed by atoms with van der Waals surface area (Å²) in [6.45, 7) is 3.40. The number of ether oxygens (including phenoxy) is 2. The molecular formula is C15H20F3N3O3. The van der Waals surface area contributed by atoms with Crippen LogP contribution in [0, 0.1) is 0 Å². The largest absolute Gasteiger partial charge is 0.411 e. The molecule has 3 rings (SSSR count). The van der Waals surface area contributed by atoms with E-state index in [9.17, 15) is 18.0 Å². The van der Waals surface area contributed by atoms with Crippen LogP contribution in [0.15, 0.2) is 16.9 Å². The number of hydrogen-bond donors (Lipinski definition) is 1. The normalized spacial score (nSPS) is 25.8. The third-order valence-corrected chi connectivity index (χ3v) is 4.33. The number of morpholine rings is 2. The molecule has 2 aliphatic heterocycles. The molecule has 0 saturated carbocycles. The van der Waals surface area contributed by atoms with E-state index in [0.29, 0.717) is 25.4 Å². The summed E-state index contributed by atoms with van der Waals surface area (Å²) in [7, 11) is 0. The number of nitrogens with zero attached hydrogens (tertiary/aromatic N) is 2. The van der Waals surface area contributed by atoms with Crippen LogP contribution in [0.25, 0.3) is 0 Å². The van der Waals surface area contributed by atoms with Gasteiger partial charge in [-0.25, -0.2) is 0 Å². The Labute approximate surface area is 137 Å². The fraction of sp³-hybridized carbons (Fsp3) is 0.667. The van der Waals surface area contributed by atoms with Gasteiger partial charge in [0.25, 0.3) is 5.56 Å². The standard InChI is InChI=1S/C15H20F3N3O3/c1-10-8-23-4-2-20(10)11-6-13(19-14(22)7-11)21-3-5-24-9-12(21)15(16,17)18/h6-7,10,12H,2-5,8-9H2,1H3,(H,19,22)/t10-,12-/m1/s1. The van der Waals surface area contributed by atoms with Gasteiger partial charge in [-0.3, -0.25) is 4.79 Å². The van der Waals surface area contributed by atoms with E-state index >= 15 is 0 Å². The van der Waals surface area contributed by atoms with Gasteiger partial charge in [-0.2, -0.15) is 13.2 Å². The summed E-state index contributed by atoms with van der Waals surface area (Å²) in [6, 6.07) is 1.30. The topological polar surface area (TPSA) is 57.8 Å². The molecule has 0 unspecified atom stereocenters. The van der Waals surface area contributed by atoms with Gasteiger partial charge in [-0.05, 0) is 6.92 Å². The molecular weight excluding hydrogens is 327 g/mol. The summed E-state index contributed by atoms with van der Waals surface area (Å²) >= 11 is 0. The maximum absolute atomic E-state index is 13.3. The predicted octanol–water partition coefficient (Wildman–Crippen LogP) is 1.37. The van der Waals surface area contributed by atoms with Crippen LogP contribution in [-0.4, -0.2) is 62.8 Å². The molecule has 0 bridgehead atoms. The molecule has 6 nitrogen and oxygen atoms in total. The highest BCUT2D eigenvalue weighted by Gasteiger charge is 2.45. The van der Waals surface area contributed by atoms with Gasteiger partial charge >= 0.3 is 6.18 Å². The van der Waals surface area contributed by atoms with Crippen LogP contribution in [0.1, 0.15) is 6.92 Å². The van der Waals surface area contributed by atoms with Gasteiger partial charge in [-0.15, -0.1) is 0 Å². The van der Waals surface area contributed by atoms with Crippen molar-refractivity contribution in [3.63, 3.8) is 0 Å². The van der Waals surface area contributed by atoms with Crippen LogP contribution in [0.2, 0.25) is 0 Å². The molecule has 2 fully saturated rings. The first-order valence-electron chi connectivity index (χ1n) is 7.86. The van der Waals surface area contributed by atoms with Crippen molar-refractivity contribution in [1.29, 1.82) is 0 Å². The van der Waals surface area contributed by atoms with Crippen molar-refractivity contribution in [2.45, 2.75) is 25.2 Å². The second-order valence-electron chi connectivity index (χ2n) is 6.03. The number of aromatic amines is 1. The second-order valence-corrected chi connectivity index (χ2v) is 6.03. The minimum atomic E-state index is -4.43. The Balaban J connectivity index is 1.94. The SMILES string of the molecule is C[C@@H]1COCCN1c1cc(N2CCOC[C@@H]2C(F)(F)F)[nH]c(=O)c1. The van der Waals surface area contributed by atoms with E-state index < -0.39 is 24.4 Å². The summed E-state index contributed by atoms with van der Waals surface area (Å²) in [5, 5.41) is 0. The summed E-state index contributed by atoms with van der Waals surface area (Å²) in [5.74, 6) is 0.168. The van der Waals surface area contributed by atoms with Crippen molar-refractivity contribution in [2.75, 3.05) is 49.3 Å². The average Bonchev–Trinajstić information content (AvgIpc) is 2.54. The Bertz CT molecular complexity index is 634. The van der Waals surface area contributed by atoms with E-state index in [4.69, 9.17) is 9.47 Å². The number of rotatable bonds is 2. The fourth-order valence-electron chi connectivity index (χ4n) is 3.11. The summed E-state index contributed by atoms with van der Waals surface area (Å²) in [6.07, 6.45) is -4.43. The van der Waals surface area contributed by atoms with E-state index in [1.54, 1.807) is 6.07 Å². The molecule has 1 N–H and O–H groups in total. The smallest absolute Gasteiger partial charge is 0.377 e. The number of aromatic nitrogens is 1. The van der Waals surface area contributed by atoms with Crippen LogP contribution in [0.5, 0.6) is 0 Å². The van der Waals surface area contributed by atoms with Crippen LogP contribution in [-0.2, 0) is 9.47 Å². The minimum absolute atomic E-state index is 0.0523. The van der Waals surface area contributed by atoms with Crippen molar-refractivity contribution in [1.82, 2.24) is 4.98 Å². The molecule has 0 amide bonds. The van der Waals surface area contributed by atoms with E-state index in [0.717, 1.165) is 0 Å². The maximum atomic E-state index is 13.3. The molecule has 0 radical (unpaired) electrons. The maximum Gasteiger partial charge on any atom is 0.411 e. The summed E-state index contributed by atoms with van der Waals surface area (Å²) in [4.78, 5) is 17.7. The third-order valence-electron chi connectivity index (χ3n) is 4.33. The number of halogens is 3. The molecule has 0 spiro atoms. The van der Waals surface area contributed by atoms with E-state index in [1.807, 2.05) is 11.8 Å². The zero-order valence-corrected chi connectivity index (χ0v) is 13.3. The van der Waals surface area contributed by atoms with Crippen molar-refractivity contribution in [3.8, 4) is 0 Å². The van der Waals surface area contributed by atoms with Gasteiger partial charge in [-0.1, -0.05) is 0 Å². The molecule has 3 heterocycles. The molecule has 134 valence electrons. The number of pyridine rings is 1.